The maximum Gasteiger partial charge on any atom is 0.283 e. The summed E-state index contributed by atoms with van der Waals surface area (Å²) in [5, 5.41) is -0.0677. The van der Waals surface area contributed by atoms with E-state index in [-0.39, 0.29) is 15.6 Å². The predicted octanol–water partition coefficient (Wildman–Crippen LogP) is 2.67. The molecule has 0 radical (unpaired) electrons. The van der Waals surface area contributed by atoms with Gasteiger partial charge < -0.3 is 4.90 Å². The van der Waals surface area contributed by atoms with Crippen molar-refractivity contribution >= 4 is 39.1 Å². The van der Waals surface area contributed by atoms with Crippen molar-refractivity contribution in [2.24, 2.45) is 0 Å². The summed E-state index contributed by atoms with van der Waals surface area (Å²) >= 11 is 6.23. The van der Waals surface area contributed by atoms with Crippen LogP contribution >= 0.6 is 11.6 Å². The minimum atomic E-state index is -3.57. The number of carbonyl (C=O) groups is 2. The first-order valence-electron chi connectivity index (χ1n) is 10.0. The minimum Gasteiger partial charge on any atom is -0.366 e. The molecule has 0 atom stereocenters. The lowest BCUT2D eigenvalue weighted by molar-refractivity contribution is -0.121. The summed E-state index contributed by atoms with van der Waals surface area (Å²) in [6, 6.07) is 5.89. The number of halogens is 1. The van der Waals surface area contributed by atoms with E-state index in [4.69, 9.17) is 11.6 Å². The van der Waals surface area contributed by atoms with E-state index in [1.165, 1.54) is 28.6 Å². The van der Waals surface area contributed by atoms with Gasteiger partial charge in [-0.25, -0.2) is 13.3 Å². The molecule has 0 unspecified atom stereocenters. The van der Waals surface area contributed by atoms with Crippen LogP contribution in [-0.4, -0.2) is 55.6 Å². The Balaban J connectivity index is 1.56. The van der Waals surface area contributed by atoms with Crippen LogP contribution in [0.4, 0.5) is 5.69 Å². The third-order valence-corrected chi connectivity index (χ3v) is 7.98. The Bertz CT molecular complexity index is 946. The highest BCUT2D eigenvalue weighted by atomic mass is 35.5. The summed E-state index contributed by atoms with van der Waals surface area (Å²) < 4.78 is 27.1. The van der Waals surface area contributed by atoms with Crippen LogP contribution in [0, 0.1) is 0 Å². The van der Waals surface area contributed by atoms with Crippen LogP contribution in [0.3, 0.4) is 0 Å². The zero-order valence-electron chi connectivity index (χ0n) is 16.1. The lowest BCUT2D eigenvalue weighted by Crippen LogP contribution is -2.37. The fourth-order valence-corrected chi connectivity index (χ4v) is 5.94. The van der Waals surface area contributed by atoms with Crippen LogP contribution in [0.1, 0.15) is 38.5 Å². The van der Waals surface area contributed by atoms with Crippen LogP contribution in [0.5, 0.6) is 0 Å². The molecule has 1 aromatic rings. The second kappa shape index (κ2) is 8.08. The highest BCUT2D eigenvalue weighted by molar-refractivity contribution is 7.89. The number of sulfonamides is 1. The number of imide groups is 1. The molecular weight excluding hydrogens is 414 g/mol. The van der Waals surface area contributed by atoms with Crippen molar-refractivity contribution < 1.29 is 18.0 Å². The highest BCUT2D eigenvalue weighted by Gasteiger charge is 2.41. The fraction of sp³-hybridized carbons (Fsp3) is 0.500. The van der Waals surface area contributed by atoms with Crippen LogP contribution < -0.4 is 4.90 Å². The Morgan fingerprint density at radius 3 is 1.90 bits per heavy atom. The average molecular weight is 438 g/mol. The third-order valence-electron chi connectivity index (χ3n) is 5.72. The number of anilines is 1. The molecule has 2 amide bonds. The first-order chi connectivity index (χ1) is 13.9. The molecule has 2 saturated heterocycles. The predicted molar refractivity (Wildman–Crippen MR) is 110 cm³/mol. The van der Waals surface area contributed by atoms with Gasteiger partial charge >= 0.3 is 0 Å². The molecule has 3 aliphatic rings. The second-order valence-corrected chi connectivity index (χ2v) is 9.93. The lowest BCUT2D eigenvalue weighted by atomic mass is 10.1. The van der Waals surface area contributed by atoms with E-state index in [9.17, 15) is 18.0 Å². The number of hydrogen-bond donors (Lipinski definition) is 0. The fourth-order valence-electron chi connectivity index (χ4n) is 4.14. The van der Waals surface area contributed by atoms with Crippen LogP contribution in [-0.2, 0) is 19.6 Å². The highest BCUT2D eigenvalue weighted by Crippen LogP contribution is 2.33. The van der Waals surface area contributed by atoms with Crippen LogP contribution in [0.2, 0.25) is 0 Å². The number of rotatable bonds is 4. The van der Waals surface area contributed by atoms with Gasteiger partial charge in [0.25, 0.3) is 11.8 Å². The molecule has 9 heteroatoms. The summed E-state index contributed by atoms with van der Waals surface area (Å²) in [5.41, 5.74) is 0.573. The Labute approximate surface area is 176 Å². The van der Waals surface area contributed by atoms with Gasteiger partial charge in [0.05, 0.1) is 10.6 Å². The van der Waals surface area contributed by atoms with Gasteiger partial charge in [0, 0.05) is 26.2 Å². The van der Waals surface area contributed by atoms with Crippen molar-refractivity contribution in [2.75, 3.05) is 31.1 Å². The van der Waals surface area contributed by atoms with Crippen LogP contribution in [0.25, 0.3) is 0 Å². The zero-order chi connectivity index (χ0) is 20.6. The number of likely N-dealkylation sites (tertiary alicyclic amines) is 1. The molecule has 156 valence electrons. The SMILES string of the molecule is O=C1C(Cl)=C(N2CCCCC2)C(=O)N1c1ccc(S(=O)(=O)N2CCCCC2)cc1. The van der Waals surface area contributed by atoms with Gasteiger partial charge in [-0.2, -0.15) is 4.31 Å². The summed E-state index contributed by atoms with van der Waals surface area (Å²) in [7, 11) is -3.57. The van der Waals surface area contributed by atoms with Crippen LogP contribution in [0.15, 0.2) is 39.9 Å². The molecule has 3 heterocycles. The Morgan fingerprint density at radius 2 is 1.31 bits per heavy atom. The maximum atomic E-state index is 12.9. The molecule has 0 aromatic heterocycles. The number of hydrogen-bond acceptors (Lipinski definition) is 5. The van der Waals surface area contributed by atoms with Crippen molar-refractivity contribution in [3.8, 4) is 0 Å². The largest absolute Gasteiger partial charge is 0.366 e. The number of carbonyl (C=O) groups excluding carboxylic acids is 2. The number of nitrogens with zero attached hydrogens (tertiary/aromatic N) is 3. The first-order valence-corrected chi connectivity index (χ1v) is 11.9. The number of benzene rings is 1. The van der Waals surface area contributed by atoms with Crippen molar-refractivity contribution in [3.05, 3.63) is 35.0 Å². The van der Waals surface area contributed by atoms with E-state index in [1.54, 1.807) is 0 Å². The van der Waals surface area contributed by atoms with Gasteiger partial charge in [-0.15, -0.1) is 0 Å². The van der Waals surface area contributed by atoms with E-state index in [1.807, 2.05) is 4.90 Å². The third kappa shape index (κ3) is 3.69. The average Bonchev–Trinajstić information content (AvgIpc) is 2.97. The van der Waals surface area contributed by atoms with E-state index in [0.29, 0.717) is 31.9 Å². The van der Waals surface area contributed by atoms with Crippen molar-refractivity contribution in [1.82, 2.24) is 9.21 Å². The molecular formula is C20H24ClN3O4S. The van der Waals surface area contributed by atoms with Crippen molar-refractivity contribution in [2.45, 2.75) is 43.4 Å². The summed E-state index contributed by atoms with van der Waals surface area (Å²) in [6.07, 6.45) is 5.77. The number of amides is 2. The molecule has 3 aliphatic heterocycles. The molecule has 0 N–H and O–H groups in total. The molecule has 0 saturated carbocycles. The van der Waals surface area contributed by atoms with Gasteiger partial charge in [-0.05, 0) is 56.4 Å². The molecule has 29 heavy (non-hydrogen) atoms. The van der Waals surface area contributed by atoms with Gasteiger partial charge in [0.15, 0.2) is 0 Å². The van der Waals surface area contributed by atoms with Gasteiger partial charge in [-0.1, -0.05) is 18.0 Å². The normalized spacial score (nSPS) is 22.0. The molecule has 7 nitrogen and oxygen atoms in total. The van der Waals surface area contributed by atoms with Crippen molar-refractivity contribution in [1.29, 1.82) is 0 Å². The Hall–Kier alpha value is -1.90. The molecule has 0 aliphatic carbocycles. The maximum absolute atomic E-state index is 12.9. The van der Waals surface area contributed by atoms with E-state index >= 15 is 0 Å². The smallest absolute Gasteiger partial charge is 0.283 e. The molecule has 0 bridgehead atoms. The van der Waals surface area contributed by atoms with Gasteiger partial charge in [0.2, 0.25) is 10.0 Å². The summed E-state index contributed by atoms with van der Waals surface area (Å²) in [5.74, 6) is -1.02. The Morgan fingerprint density at radius 1 is 0.759 bits per heavy atom. The summed E-state index contributed by atoms with van der Waals surface area (Å²) in [6.45, 7) is 2.44. The zero-order valence-corrected chi connectivity index (χ0v) is 17.7. The van der Waals surface area contributed by atoms with E-state index < -0.39 is 21.8 Å². The first kappa shape index (κ1) is 20.4. The lowest BCUT2D eigenvalue weighted by Gasteiger charge is -2.29. The van der Waals surface area contributed by atoms with E-state index in [2.05, 4.69) is 0 Å². The molecule has 1 aromatic carbocycles. The number of piperidine rings is 2. The minimum absolute atomic E-state index is 0.0677. The van der Waals surface area contributed by atoms with Gasteiger partial charge in [-0.3, -0.25) is 9.59 Å². The second-order valence-electron chi connectivity index (χ2n) is 7.61. The van der Waals surface area contributed by atoms with Gasteiger partial charge in [0.1, 0.15) is 10.7 Å². The summed E-state index contributed by atoms with van der Waals surface area (Å²) in [4.78, 5) is 28.7. The standard InChI is InChI=1S/C20H24ClN3O4S/c21-17-18(22-11-3-1-4-12-22)20(26)24(19(17)25)15-7-9-16(10-8-15)29(27,28)23-13-5-2-6-14-23/h7-10H,1-6,11-14H2. The molecule has 2 fully saturated rings. The monoisotopic (exact) mass is 437 g/mol. The molecule has 4 rings (SSSR count). The van der Waals surface area contributed by atoms with E-state index in [0.717, 1.165) is 43.4 Å². The topological polar surface area (TPSA) is 78.0 Å². The van der Waals surface area contributed by atoms with Crippen molar-refractivity contribution in [3.63, 3.8) is 0 Å². The molecule has 0 spiro atoms. The Kier molecular flexibility index (Phi) is 5.68. The quantitative estimate of drug-likeness (QED) is 0.677.